The predicted octanol–water partition coefficient (Wildman–Crippen LogP) is 2.64. The van der Waals surface area contributed by atoms with Gasteiger partial charge in [0.1, 0.15) is 0 Å². The molecule has 0 amide bonds. The van der Waals surface area contributed by atoms with Gasteiger partial charge in [0, 0.05) is 61.1 Å². The first-order valence-electron chi connectivity index (χ1n) is 12.1. The van der Waals surface area contributed by atoms with E-state index in [2.05, 4.69) is 35.1 Å². The number of sulfonamides is 1. The van der Waals surface area contributed by atoms with E-state index in [1.54, 1.807) is 4.31 Å². The van der Waals surface area contributed by atoms with Gasteiger partial charge in [-0.15, -0.1) is 16.4 Å². The minimum atomic E-state index is -3.11. The second-order valence-electron chi connectivity index (χ2n) is 9.98. The SMILES string of the molecule is CCc1cc2c(s1)CCO[C@@]21CCN(Cc2cn(CC3CCN(S(C)(=O)=O)C3)nn2)[C@@H](C)C1. The van der Waals surface area contributed by atoms with Crippen molar-refractivity contribution in [3.63, 3.8) is 0 Å². The quantitative estimate of drug-likeness (QED) is 0.616. The van der Waals surface area contributed by atoms with Gasteiger partial charge in [-0.1, -0.05) is 12.1 Å². The van der Waals surface area contributed by atoms with E-state index in [1.165, 1.54) is 21.6 Å². The van der Waals surface area contributed by atoms with Crippen molar-refractivity contribution >= 4 is 21.4 Å². The molecule has 0 radical (unpaired) electrons. The highest BCUT2D eigenvalue weighted by molar-refractivity contribution is 7.88. The van der Waals surface area contributed by atoms with Crippen molar-refractivity contribution in [2.75, 3.05) is 32.5 Å². The summed E-state index contributed by atoms with van der Waals surface area (Å²) in [6.07, 6.45) is 8.36. The van der Waals surface area contributed by atoms with Gasteiger partial charge in [-0.2, -0.15) is 0 Å². The van der Waals surface area contributed by atoms with E-state index in [0.29, 0.717) is 31.6 Å². The first-order chi connectivity index (χ1) is 15.8. The van der Waals surface area contributed by atoms with Gasteiger partial charge in [0.15, 0.2) is 0 Å². The molecule has 2 aromatic rings. The first kappa shape index (κ1) is 23.4. The summed E-state index contributed by atoms with van der Waals surface area (Å²) in [6.45, 7) is 9.02. The summed E-state index contributed by atoms with van der Waals surface area (Å²) in [4.78, 5) is 5.49. The Morgan fingerprint density at radius 1 is 1.33 bits per heavy atom. The number of fused-ring (bicyclic) bond motifs is 2. The van der Waals surface area contributed by atoms with Crippen LogP contribution in [-0.4, -0.2) is 71.2 Å². The minimum Gasteiger partial charge on any atom is -0.370 e. The van der Waals surface area contributed by atoms with Crippen LogP contribution in [0.5, 0.6) is 0 Å². The Morgan fingerprint density at radius 2 is 2.18 bits per heavy atom. The van der Waals surface area contributed by atoms with E-state index in [-0.39, 0.29) is 5.60 Å². The fourth-order valence-electron chi connectivity index (χ4n) is 5.73. The number of aromatic nitrogens is 3. The van der Waals surface area contributed by atoms with Crippen LogP contribution < -0.4 is 0 Å². The Kier molecular flexibility index (Phi) is 6.41. The summed E-state index contributed by atoms with van der Waals surface area (Å²) in [5, 5.41) is 8.75. The molecule has 5 rings (SSSR count). The van der Waals surface area contributed by atoms with Gasteiger partial charge < -0.3 is 4.74 Å². The molecule has 0 aliphatic carbocycles. The number of aryl methyl sites for hydroxylation is 1. The summed E-state index contributed by atoms with van der Waals surface area (Å²) in [5.74, 6) is 0.291. The van der Waals surface area contributed by atoms with Crippen LogP contribution in [0.4, 0.5) is 0 Å². The van der Waals surface area contributed by atoms with E-state index >= 15 is 0 Å². The number of likely N-dealkylation sites (tertiary alicyclic amines) is 1. The molecule has 182 valence electrons. The standard InChI is InChI=1S/C23H35N5O3S2/c1-4-20-11-21-22(32-20)6-10-31-23(21)7-9-26(17(2)12-23)15-19-16-27(25-24-19)13-18-5-8-28(14-18)33(3,29)30/h11,16-18H,4-10,12-15H2,1-3H3/t17-,18?,23+/m0/s1. The molecule has 1 unspecified atom stereocenters. The zero-order valence-electron chi connectivity index (χ0n) is 19.9. The van der Waals surface area contributed by atoms with Crippen LogP contribution in [0.15, 0.2) is 12.3 Å². The van der Waals surface area contributed by atoms with Gasteiger partial charge in [0.2, 0.25) is 10.0 Å². The number of hydrogen-bond acceptors (Lipinski definition) is 7. The normalized spacial score (nSPS) is 29.1. The van der Waals surface area contributed by atoms with Crippen LogP contribution in [0, 0.1) is 5.92 Å². The predicted molar refractivity (Wildman–Crippen MR) is 129 cm³/mol. The molecule has 3 atom stereocenters. The Morgan fingerprint density at radius 3 is 2.91 bits per heavy atom. The molecule has 33 heavy (non-hydrogen) atoms. The summed E-state index contributed by atoms with van der Waals surface area (Å²) >= 11 is 1.97. The highest BCUT2D eigenvalue weighted by Crippen LogP contribution is 2.46. The van der Waals surface area contributed by atoms with Gasteiger partial charge in [-0.05, 0) is 50.2 Å². The third-order valence-corrected chi connectivity index (χ3v) is 10.2. The van der Waals surface area contributed by atoms with Gasteiger partial charge in [0.25, 0.3) is 0 Å². The lowest BCUT2D eigenvalue weighted by atomic mass is 9.79. The molecule has 0 bridgehead atoms. The summed E-state index contributed by atoms with van der Waals surface area (Å²) in [5.41, 5.74) is 2.30. The van der Waals surface area contributed by atoms with Crippen molar-refractivity contribution in [2.24, 2.45) is 5.92 Å². The zero-order valence-corrected chi connectivity index (χ0v) is 21.5. The third-order valence-electron chi connectivity index (χ3n) is 7.57. The lowest BCUT2D eigenvalue weighted by Gasteiger charge is -2.47. The maximum absolute atomic E-state index is 11.8. The molecule has 10 heteroatoms. The van der Waals surface area contributed by atoms with Crippen LogP contribution in [-0.2, 0) is 46.3 Å². The molecule has 1 spiro atoms. The lowest BCUT2D eigenvalue weighted by molar-refractivity contribution is -0.112. The fourth-order valence-corrected chi connectivity index (χ4v) is 7.83. The number of thiophene rings is 1. The van der Waals surface area contributed by atoms with Gasteiger partial charge in [-0.25, -0.2) is 12.7 Å². The molecular formula is C23H35N5O3S2. The average Bonchev–Trinajstić information content (AvgIpc) is 3.50. The Balaban J connectivity index is 1.20. The van der Waals surface area contributed by atoms with Gasteiger partial charge in [-0.3, -0.25) is 9.58 Å². The molecule has 8 nitrogen and oxygen atoms in total. The lowest BCUT2D eigenvalue weighted by Crippen LogP contribution is -2.50. The van der Waals surface area contributed by atoms with Crippen molar-refractivity contribution in [3.8, 4) is 0 Å². The van der Waals surface area contributed by atoms with E-state index in [4.69, 9.17) is 4.74 Å². The van der Waals surface area contributed by atoms with E-state index in [1.807, 2.05) is 22.2 Å². The third kappa shape index (κ3) is 4.77. The highest BCUT2D eigenvalue weighted by atomic mass is 32.2. The van der Waals surface area contributed by atoms with Crippen molar-refractivity contribution in [1.29, 1.82) is 0 Å². The molecule has 3 aliphatic heterocycles. The zero-order chi connectivity index (χ0) is 23.2. The van der Waals surface area contributed by atoms with Crippen molar-refractivity contribution in [1.82, 2.24) is 24.2 Å². The number of hydrogen-bond donors (Lipinski definition) is 0. The largest absolute Gasteiger partial charge is 0.370 e. The monoisotopic (exact) mass is 493 g/mol. The summed E-state index contributed by atoms with van der Waals surface area (Å²) in [7, 11) is -3.11. The van der Waals surface area contributed by atoms with Crippen LogP contribution in [0.2, 0.25) is 0 Å². The molecule has 5 heterocycles. The molecule has 0 saturated carbocycles. The van der Waals surface area contributed by atoms with Crippen LogP contribution in [0.25, 0.3) is 0 Å². The Hall–Kier alpha value is -1.33. The van der Waals surface area contributed by atoms with E-state index in [9.17, 15) is 8.42 Å². The van der Waals surface area contributed by atoms with Crippen LogP contribution in [0.1, 0.15) is 54.1 Å². The molecule has 2 saturated heterocycles. The number of nitrogens with zero attached hydrogens (tertiary/aromatic N) is 5. The Labute approximate surface area is 201 Å². The maximum atomic E-state index is 11.8. The number of piperidine rings is 1. The topological polar surface area (TPSA) is 80.6 Å². The molecule has 2 aromatic heterocycles. The Bertz CT molecular complexity index is 1100. The molecular weight excluding hydrogens is 458 g/mol. The first-order valence-corrected chi connectivity index (χ1v) is 14.8. The minimum absolute atomic E-state index is 0.126. The van der Waals surface area contributed by atoms with Gasteiger partial charge >= 0.3 is 0 Å². The van der Waals surface area contributed by atoms with E-state index < -0.39 is 10.0 Å². The molecule has 2 fully saturated rings. The summed E-state index contributed by atoms with van der Waals surface area (Å²) in [6, 6.07) is 2.80. The smallest absolute Gasteiger partial charge is 0.211 e. The second kappa shape index (κ2) is 9.03. The van der Waals surface area contributed by atoms with Crippen molar-refractivity contribution in [3.05, 3.63) is 33.3 Å². The molecule has 0 N–H and O–H groups in total. The number of ether oxygens (including phenoxy) is 1. The maximum Gasteiger partial charge on any atom is 0.211 e. The highest BCUT2D eigenvalue weighted by Gasteiger charge is 2.44. The summed E-state index contributed by atoms with van der Waals surface area (Å²) < 4.78 is 33.4. The average molecular weight is 494 g/mol. The molecule has 0 aromatic carbocycles. The van der Waals surface area contributed by atoms with E-state index in [0.717, 1.165) is 57.5 Å². The van der Waals surface area contributed by atoms with Gasteiger partial charge in [0.05, 0.1) is 24.2 Å². The van der Waals surface area contributed by atoms with Crippen LogP contribution in [0.3, 0.4) is 0 Å². The molecule has 3 aliphatic rings. The van der Waals surface area contributed by atoms with Crippen molar-refractivity contribution in [2.45, 2.75) is 70.7 Å². The second-order valence-corrected chi connectivity index (χ2v) is 13.2. The van der Waals surface area contributed by atoms with Crippen molar-refractivity contribution < 1.29 is 13.2 Å². The number of rotatable bonds is 6. The van der Waals surface area contributed by atoms with Crippen LogP contribution >= 0.6 is 11.3 Å². The fraction of sp³-hybridized carbons (Fsp3) is 0.739.